The molecule has 0 bridgehead atoms. The average molecular weight is 288 g/mol. The van der Waals surface area contributed by atoms with Crippen LogP contribution in [0.3, 0.4) is 0 Å². The summed E-state index contributed by atoms with van der Waals surface area (Å²) in [6, 6.07) is 6.99. The minimum atomic E-state index is -0.580. The number of nitrogens with two attached hydrogens (primary N) is 1. The second-order valence-corrected chi connectivity index (χ2v) is 4.81. The molecule has 0 aliphatic rings. The minimum absolute atomic E-state index is 0.00157. The number of fused-ring (bicyclic) bond motifs is 1. The molecule has 0 radical (unpaired) electrons. The van der Waals surface area contributed by atoms with Gasteiger partial charge in [0.15, 0.2) is 0 Å². The second kappa shape index (κ2) is 5.74. The van der Waals surface area contributed by atoms with Crippen molar-refractivity contribution >= 4 is 22.6 Å². The Kier molecular flexibility index (Phi) is 4.02. The maximum atomic E-state index is 12.1. The Morgan fingerprint density at radius 1 is 1.29 bits per heavy atom. The van der Waals surface area contributed by atoms with Crippen LogP contribution >= 0.6 is 0 Å². The highest BCUT2D eigenvalue weighted by molar-refractivity contribution is 5.89. The van der Waals surface area contributed by atoms with Crippen molar-refractivity contribution in [1.82, 2.24) is 14.7 Å². The molecule has 2 aromatic rings. The summed E-state index contributed by atoms with van der Waals surface area (Å²) in [5, 5.41) is 5.29. The summed E-state index contributed by atoms with van der Waals surface area (Å²) >= 11 is 0. The quantitative estimate of drug-likeness (QED) is 0.813. The van der Waals surface area contributed by atoms with Gasteiger partial charge >= 0.3 is 0 Å². The molecular weight excluding hydrogens is 272 g/mol. The molecule has 2 amide bonds. The molecule has 0 unspecified atom stereocenters. The number of amides is 2. The average Bonchev–Trinajstić information content (AvgIpc) is 2.43. The maximum Gasteiger partial charge on any atom is 0.274 e. The zero-order valence-electron chi connectivity index (χ0n) is 11.9. The van der Waals surface area contributed by atoms with E-state index in [0.29, 0.717) is 16.5 Å². The van der Waals surface area contributed by atoms with Crippen LogP contribution in [0.15, 0.2) is 29.1 Å². The molecule has 7 heteroatoms. The minimum Gasteiger partial charge on any atom is -0.368 e. The Bertz CT molecular complexity index is 766. The summed E-state index contributed by atoms with van der Waals surface area (Å²) in [6.07, 6.45) is -0.00157. The first-order chi connectivity index (χ1) is 9.90. The first kappa shape index (κ1) is 14.7. The van der Waals surface area contributed by atoms with Crippen LogP contribution in [-0.2, 0) is 23.1 Å². The van der Waals surface area contributed by atoms with E-state index in [-0.39, 0.29) is 24.4 Å². The molecule has 1 aromatic heterocycles. The van der Waals surface area contributed by atoms with Crippen LogP contribution in [0, 0.1) is 0 Å². The lowest BCUT2D eigenvalue weighted by Gasteiger charge is -2.15. The lowest BCUT2D eigenvalue weighted by atomic mass is 10.1. The third-order valence-electron chi connectivity index (χ3n) is 3.17. The van der Waals surface area contributed by atoms with E-state index in [9.17, 15) is 14.4 Å². The van der Waals surface area contributed by atoms with Crippen LogP contribution in [0.25, 0.3) is 10.8 Å². The number of hydrogen-bond donors (Lipinski definition) is 1. The van der Waals surface area contributed by atoms with Gasteiger partial charge in [-0.1, -0.05) is 18.2 Å². The zero-order chi connectivity index (χ0) is 15.6. The highest BCUT2D eigenvalue weighted by Crippen LogP contribution is 2.14. The fraction of sp³-hybridized carbons (Fsp3) is 0.286. The topological polar surface area (TPSA) is 98.3 Å². The van der Waals surface area contributed by atoms with E-state index in [1.165, 1.54) is 23.7 Å². The summed E-state index contributed by atoms with van der Waals surface area (Å²) < 4.78 is 1.21. The van der Waals surface area contributed by atoms with Crippen molar-refractivity contribution in [2.45, 2.75) is 6.42 Å². The molecule has 0 spiro atoms. The number of primary amides is 1. The predicted molar refractivity (Wildman–Crippen MR) is 77.5 cm³/mol. The van der Waals surface area contributed by atoms with Gasteiger partial charge in [-0.2, -0.15) is 5.10 Å². The van der Waals surface area contributed by atoms with Crippen LogP contribution in [0.4, 0.5) is 0 Å². The number of rotatable bonds is 4. The van der Waals surface area contributed by atoms with E-state index < -0.39 is 5.91 Å². The molecule has 1 aromatic carbocycles. The van der Waals surface area contributed by atoms with Crippen molar-refractivity contribution in [3.8, 4) is 0 Å². The van der Waals surface area contributed by atoms with Gasteiger partial charge in [-0.05, 0) is 6.07 Å². The molecule has 1 heterocycles. The molecule has 2 rings (SSSR count). The Hall–Kier alpha value is -2.70. The Labute approximate surface area is 121 Å². The summed E-state index contributed by atoms with van der Waals surface area (Å²) in [5.41, 5.74) is 5.34. The molecule has 7 nitrogen and oxygen atoms in total. The van der Waals surface area contributed by atoms with Crippen LogP contribution in [-0.4, -0.2) is 40.1 Å². The molecular formula is C14H16N4O3. The molecule has 21 heavy (non-hydrogen) atoms. The van der Waals surface area contributed by atoms with Gasteiger partial charge in [0, 0.05) is 19.5 Å². The highest BCUT2D eigenvalue weighted by Gasteiger charge is 2.16. The number of nitrogens with zero attached hydrogens (tertiary/aromatic N) is 3. The van der Waals surface area contributed by atoms with Crippen molar-refractivity contribution < 1.29 is 9.59 Å². The van der Waals surface area contributed by atoms with Crippen LogP contribution in [0.5, 0.6) is 0 Å². The Morgan fingerprint density at radius 3 is 2.52 bits per heavy atom. The van der Waals surface area contributed by atoms with E-state index in [4.69, 9.17) is 5.73 Å². The first-order valence-corrected chi connectivity index (χ1v) is 6.37. The summed E-state index contributed by atoms with van der Waals surface area (Å²) in [4.78, 5) is 36.2. The van der Waals surface area contributed by atoms with Gasteiger partial charge in [0.05, 0.1) is 24.0 Å². The van der Waals surface area contributed by atoms with E-state index in [1.54, 1.807) is 24.3 Å². The van der Waals surface area contributed by atoms with Crippen molar-refractivity contribution in [2.24, 2.45) is 12.8 Å². The number of hydrogen-bond acceptors (Lipinski definition) is 4. The van der Waals surface area contributed by atoms with Crippen molar-refractivity contribution in [1.29, 1.82) is 0 Å². The SMILES string of the molecule is CN(CC(N)=O)C(=O)Cc1nn(C)c(=O)c2ccccc12. The highest BCUT2D eigenvalue weighted by atomic mass is 16.2. The lowest BCUT2D eigenvalue weighted by Crippen LogP contribution is -2.36. The van der Waals surface area contributed by atoms with Crippen molar-refractivity contribution in [3.05, 3.63) is 40.3 Å². The second-order valence-electron chi connectivity index (χ2n) is 4.81. The van der Waals surface area contributed by atoms with E-state index in [2.05, 4.69) is 5.10 Å². The molecule has 0 atom stereocenters. The zero-order valence-corrected chi connectivity index (χ0v) is 11.9. The number of aromatic nitrogens is 2. The van der Waals surface area contributed by atoms with Crippen molar-refractivity contribution in [2.75, 3.05) is 13.6 Å². The standard InChI is InChI=1S/C14H16N4O3/c1-17(8-12(15)19)13(20)7-11-9-5-3-4-6-10(9)14(21)18(2)16-11/h3-6H,7-8H2,1-2H3,(H2,15,19). The number of likely N-dealkylation sites (N-methyl/N-ethyl adjacent to an activating group) is 1. The predicted octanol–water partition coefficient (Wildman–Crippen LogP) is -0.580. The fourth-order valence-electron chi connectivity index (χ4n) is 2.11. The first-order valence-electron chi connectivity index (χ1n) is 6.37. The van der Waals surface area contributed by atoms with Crippen molar-refractivity contribution in [3.63, 3.8) is 0 Å². The van der Waals surface area contributed by atoms with Gasteiger partial charge in [-0.3, -0.25) is 14.4 Å². The summed E-state index contributed by atoms with van der Waals surface area (Å²) in [6.45, 7) is -0.150. The molecule has 110 valence electrons. The van der Waals surface area contributed by atoms with Crippen LogP contribution in [0.1, 0.15) is 5.69 Å². The van der Waals surface area contributed by atoms with Crippen LogP contribution < -0.4 is 11.3 Å². The molecule has 0 saturated heterocycles. The number of carbonyl (C=O) groups is 2. The van der Waals surface area contributed by atoms with E-state index in [1.807, 2.05) is 0 Å². The Balaban J connectivity index is 2.39. The normalized spacial score (nSPS) is 10.6. The van der Waals surface area contributed by atoms with E-state index in [0.717, 1.165) is 0 Å². The smallest absolute Gasteiger partial charge is 0.274 e. The number of benzene rings is 1. The molecule has 2 N–H and O–H groups in total. The van der Waals surface area contributed by atoms with Gasteiger partial charge in [-0.25, -0.2) is 4.68 Å². The fourth-order valence-corrected chi connectivity index (χ4v) is 2.11. The largest absolute Gasteiger partial charge is 0.368 e. The third kappa shape index (κ3) is 3.07. The molecule has 0 aliphatic carbocycles. The summed E-state index contributed by atoms with van der Waals surface area (Å²) in [5.74, 6) is -0.866. The van der Waals surface area contributed by atoms with Crippen LogP contribution in [0.2, 0.25) is 0 Å². The number of carbonyl (C=O) groups excluding carboxylic acids is 2. The third-order valence-corrected chi connectivity index (χ3v) is 3.17. The van der Waals surface area contributed by atoms with Gasteiger partial charge in [-0.15, -0.1) is 0 Å². The maximum absolute atomic E-state index is 12.1. The molecule has 0 saturated carbocycles. The van der Waals surface area contributed by atoms with Gasteiger partial charge in [0.2, 0.25) is 11.8 Å². The molecule has 0 fully saturated rings. The summed E-state index contributed by atoms with van der Waals surface area (Å²) in [7, 11) is 3.03. The van der Waals surface area contributed by atoms with Gasteiger partial charge in [0.25, 0.3) is 5.56 Å². The van der Waals surface area contributed by atoms with Gasteiger partial charge in [0.1, 0.15) is 0 Å². The lowest BCUT2D eigenvalue weighted by molar-refractivity contribution is -0.133. The Morgan fingerprint density at radius 2 is 1.90 bits per heavy atom. The number of aryl methyl sites for hydroxylation is 1. The molecule has 0 aliphatic heterocycles. The monoisotopic (exact) mass is 288 g/mol. The van der Waals surface area contributed by atoms with E-state index >= 15 is 0 Å². The van der Waals surface area contributed by atoms with Gasteiger partial charge < -0.3 is 10.6 Å².